The van der Waals surface area contributed by atoms with Gasteiger partial charge in [-0.1, -0.05) is 24.6 Å². The molecule has 3 rings (SSSR count). The van der Waals surface area contributed by atoms with Crippen molar-refractivity contribution in [3.63, 3.8) is 0 Å². The Kier molecular flexibility index (Phi) is 6.41. The molecule has 0 aliphatic carbocycles. The van der Waals surface area contributed by atoms with E-state index < -0.39 is 17.2 Å². The van der Waals surface area contributed by atoms with Crippen LogP contribution < -0.4 is 21.9 Å². The molecule has 156 valence electrons. The third kappa shape index (κ3) is 4.62. The van der Waals surface area contributed by atoms with Gasteiger partial charge in [-0.3, -0.25) is 23.9 Å². The summed E-state index contributed by atoms with van der Waals surface area (Å²) in [6.07, 6.45) is 2.02. The summed E-state index contributed by atoms with van der Waals surface area (Å²) in [6, 6.07) is 8.59. The van der Waals surface area contributed by atoms with E-state index in [1.54, 1.807) is 12.1 Å². The van der Waals surface area contributed by atoms with E-state index in [1.807, 2.05) is 26.0 Å². The lowest BCUT2D eigenvalue weighted by molar-refractivity contribution is 0.0927. The van der Waals surface area contributed by atoms with Crippen LogP contribution in [0.1, 0.15) is 39.6 Å². The number of aromatic nitrogens is 3. The van der Waals surface area contributed by atoms with Crippen molar-refractivity contribution in [3.05, 3.63) is 74.1 Å². The topological polar surface area (TPSA) is 126 Å². The lowest BCUT2D eigenvalue weighted by atomic mass is 10.1. The highest BCUT2D eigenvalue weighted by Gasteiger charge is 2.13. The third-order valence-corrected chi connectivity index (χ3v) is 4.55. The van der Waals surface area contributed by atoms with Crippen molar-refractivity contribution in [2.45, 2.75) is 26.8 Å². The molecule has 2 aromatic heterocycles. The summed E-state index contributed by atoms with van der Waals surface area (Å²) in [4.78, 5) is 55.0. The number of pyridine rings is 1. The summed E-state index contributed by atoms with van der Waals surface area (Å²) in [5.41, 5.74) is 0.932. The molecule has 1 aromatic carbocycles. The van der Waals surface area contributed by atoms with E-state index in [0.29, 0.717) is 18.5 Å². The first-order valence-corrected chi connectivity index (χ1v) is 9.66. The first-order valence-electron chi connectivity index (χ1n) is 9.66. The molecule has 0 saturated heterocycles. The van der Waals surface area contributed by atoms with E-state index in [9.17, 15) is 19.2 Å². The third-order valence-electron chi connectivity index (χ3n) is 4.55. The van der Waals surface area contributed by atoms with E-state index in [1.165, 1.54) is 16.8 Å². The van der Waals surface area contributed by atoms with Gasteiger partial charge in [-0.2, -0.15) is 0 Å². The number of nitrogens with zero attached hydrogens (tertiary/aromatic N) is 2. The average molecular weight is 409 g/mol. The predicted octanol–water partition coefficient (Wildman–Crippen LogP) is 0.963. The summed E-state index contributed by atoms with van der Waals surface area (Å²) >= 11 is 0. The zero-order chi connectivity index (χ0) is 21.7. The Morgan fingerprint density at radius 3 is 2.30 bits per heavy atom. The molecule has 2 heterocycles. The van der Waals surface area contributed by atoms with Gasteiger partial charge in [0.05, 0.1) is 10.9 Å². The molecule has 3 N–H and O–H groups in total. The lowest BCUT2D eigenvalue weighted by Crippen LogP contribution is -2.35. The summed E-state index contributed by atoms with van der Waals surface area (Å²) in [5.74, 6) is -0.654. The number of aromatic amines is 1. The summed E-state index contributed by atoms with van der Waals surface area (Å²) < 4.78 is 1.37. The number of carbonyl (C=O) groups is 2. The van der Waals surface area contributed by atoms with Gasteiger partial charge >= 0.3 is 5.69 Å². The van der Waals surface area contributed by atoms with Crippen molar-refractivity contribution in [2.24, 2.45) is 0 Å². The molecule has 0 unspecified atom stereocenters. The number of nitrogens with one attached hydrogen (secondary N) is 3. The number of H-pyrrole nitrogens is 1. The fourth-order valence-electron chi connectivity index (χ4n) is 2.98. The number of fused-ring (bicyclic) bond motifs is 1. The van der Waals surface area contributed by atoms with Gasteiger partial charge in [-0.05, 0) is 31.5 Å². The van der Waals surface area contributed by atoms with Crippen LogP contribution in [0, 0.1) is 6.92 Å². The number of hydrogen-bond acceptors (Lipinski definition) is 5. The first kappa shape index (κ1) is 21.0. The second-order valence-corrected chi connectivity index (χ2v) is 6.88. The second kappa shape index (κ2) is 9.17. The molecule has 0 spiro atoms. The molecule has 0 atom stereocenters. The average Bonchev–Trinajstić information content (AvgIpc) is 2.74. The molecule has 0 fully saturated rings. The van der Waals surface area contributed by atoms with Crippen molar-refractivity contribution in [1.29, 1.82) is 0 Å². The molecular weight excluding hydrogens is 386 g/mol. The van der Waals surface area contributed by atoms with Gasteiger partial charge in [0.15, 0.2) is 0 Å². The minimum absolute atomic E-state index is 0.170. The lowest BCUT2D eigenvalue weighted by Gasteiger charge is -2.09. The molecule has 3 aromatic rings. The Labute approximate surface area is 172 Å². The molecule has 9 nitrogen and oxygen atoms in total. The molecule has 30 heavy (non-hydrogen) atoms. The standard InChI is InChI=1S/C21H23N5O4/c1-3-10-26-17-16(20(29)25-21(26)30)11-15(12-24-17)19(28)23-9-8-22-18(27)14-6-4-13(2)5-7-14/h4-7,11-12H,3,8-10H2,1-2H3,(H,22,27)(H,23,28)(H,25,29,30). The van der Waals surface area contributed by atoms with Crippen molar-refractivity contribution < 1.29 is 9.59 Å². The van der Waals surface area contributed by atoms with E-state index in [4.69, 9.17) is 0 Å². The van der Waals surface area contributed by atoms with Crippen molar-refractivity contribution in [1.82, 2.24) is 25.2 Å². The quantitative estimate of drug-likeness (QED) is 0.501. The van der Waals surface area contributed by atoms with Crippen molar-refractivity contribution in [2.75, 3.05) is 13.1 Å². The van der Waals surface area contributed by atoms with Crippen molar-refractivity contribution in [3.8, 4) is 0 Å². The van der Waals surface area contributed by atoms with Gasteiger partial charge < -0.3 is 10.6 Å². The van der Waals surface area contributed by atoms with E-state index >= 15 is 0 Å². The zero-order valence-corrected chi connectivity index (χ0v) is 16.8. The Morgan fingerprint density at radius 1 is 1.03 bits per heavy atom. The highest BCUT2D eigenvalue weighted by atomic mass is 16.2. The number of carbonyl (C=O) groups excluding carboxylic acids is 2. The molecule has 9 heteroatoms. The molecule has 0 aliphatic heterocycles. The van der Waals surface area contributed by atoms with Crippen LogP contribution in [0.5, 0.6) is 0 Å². The predicted molar refractivity (Wildman–Crippen MR) is 113 cm³/mol. The molecule has 0 aliphatic rings. The number of aryl methyl sites for hydroxylation is 2. The minimum Gasteiger partial charge on any atom is -0.350 e. The second-order valence-electron chi connectivity index (χ2n) is 6.88. The normalized spacial score (nSPS) is 10.7. The van der Waals surface area contributed by atoms with Crippen LogP contribution in [0.15, 0.2) is 46.1 Å². The van der Waals surface area contributed by atoms with E-state index in [0.717, 1.165) is 5.56 Å². The van der Waals surface area contributed by atoms with Crippen LogP contribution in [0.3, 0.4) is 0 Å². The zero-order valence-electron chi connectivity index (χ0n) is 16.8. The SMILES string of the molecule is CCCn1c(=O)[nH]c(=O)c2cc(C(=O)NCCNC(=O)c3ccc(C)cc3)cnc21. The Morgan fingerprint density at radius 2 is 1.67 bits per heavy atom. The first-order chi connectivity index (χ1) is 14.4. The Balaban J connectivity index is 1.64. The van der Waals surface area contributed by atoms with Crippen molar-refractivity contribution >= 4 is 22.8 Å². The van der Waals surface area contributed by atoms with E-state index in [2.05, 4.69) is 20.6 Å². The Bertz CT molecular complexity index is 1190. The molecule has 0 radical (unpaired) electrons. The highest BCUT2D eigenvalue weighted by molar-refractivity contribution is 5.97. The molecule has 2 amide bonds. The summed E-state index contributed by atoms with van der Waals surface area (Å²) in [6.45, 7) is 4.71. The van der Waals surface area contributed by atoms with Crippen LogP contribution in [-0.4, -0.2) is 39.4 Å². The van der Waals surface area contributed by atoms with Gasteiger partial charge in [0.2, 0.25) is 0 Å². The fourth-order valence-corrected chi connectivity index (χ4v) is 2.98. The molecular formula is C21H23N5O4. The molecule has 0 bridgehead atoms. The fraction of sp³-hybridized carbons (Fsp3) is 0.286. The maximum Gasteiger partial charge on any atom is 0.329 e. The van der Waals surface area contributed by atoms with Gasteiger partial charge in [-0.25, -0.2) is 9.78 Å². The number of rotatable bonds is 7. The highest BCUT2D eigenvalue weighted by Crippen LogP contribution is 2.08. The smallest absolute Gasteiger partial charge is 0.329 e. The van der Waals surface area contributed by atoms with Crippen LogP contribution in [-0.2, 0) is 6.54 Å². The number of amides is 2. The van der Waals surface area contributed by atoms with Crippen LogP contribution in [0.2, 0.25) is 0 Å². The Hall–Kier alpha value is -3.75. The summed E-state index contributed by atoms with van der Waals surface area (Å²) in [5, 5.41) is 5.57. The number of hydrogen-bond donors (Lipinski definition) is 3. The maximum absolute atomic E-state index is 12.4. The van der Waals surface area contributed by atoms with Gasteiger partial charge in [0, 0.05) is 31.4 Å². The number of benzene rings is 1. The molecule has 0 saturated carbocycles. The minimum atomic E-state index is -0.588. The van der Waals surface area contributed by atoms with E-state index in [-0.39, 0.29) is 35.6 Å². The monoisotopic (exact) mass is 409 g/mol. The van der Waals surface area contributed by atoms with Gasteiger partial charge in [0.1, 0.15) is 5.65 Å². The van der Waals surface area contributed by atoms with Gasteiger partial charge in [0.25, 0.3) is 17.4 Å². The van der Waals surface area contributed by atoms with Crippen LogP contribution in [0.25, 0.3) is 11.0 Å². The summed E-state index contributed by atoms with van der Waals surface area (Å²) in [7, 11) is 0. The van der Waals surface area contributed by atoms with Gasteiger partial charge in [-0.15, -0.1) is 0 Å². The van der Waals surface area contributed by atoms with Crippen LogP contribution in [0.4, 0.5) is 0 Å². The largest absolute Gasteiger partial charge is 0.350 e. The van der Waals surface area contributed by atoms with Crippen LogP contribution >= 0.6 is 0 Å². The maximum atomic E-state index is 12.4.